The van der Waals surface area contributed by atoms with E-state index in [-0.39, 0.29) is 17.2 Å². The third kappa shape index (κ3) is 3.82. The van der Waals surface area contributed by atoms with Crippen molar-refractivity contribution in [3.05, 3.63) is 76.4 Å². The number of carbonyl (C=O) groups is 1. The predicted molar refractivity (Wildman–Crippen MR) is 119 cm³/mol. The van der Waals surface area contributed by atoms with Crippen molar-refractivity contribution in [3.8, 4) is 5.75 Å². The lowest BCUT2D eigenvalue weighted by molar-refractivity contribution is -0.116. The molecule has 2 heterocycles. The largest absolute Gasteiger partial charge is 0.497 e. The summed E-state index contributed by atoms with van der Waals surface area (Å²) in [4.78, 5) is 13.3. The molecule has 3 aromatic rings. The number of methoxy groups -OCH3 is 1. The summed E-state index contributed by atoms with van der Waals surface area (Å²) in [6, 6.07) is 17.2. The number of hydrogen-bond acceptors (Lipinski definition) is 4. The maximum Gasteiger partial charge on any atom is 0.240 e. The zero-order valence-electron chi connectivity index (χ0n) is 16.4. The Balaban J connectivity index is 1.67. The van der Waals surface area contributed by atoms with E-state index in [1.54, 1.807) is 18.9 Å². The molecule has 0 fully saturated rings. The number of fused-ring (bicyclic) bond motifs is 1. The average molecular weight is 428 g/mol. The van der Waals surface area contributed by atoms with Crippen LogP contribution in [0.1, 0.15) is 22.9 Å². The van der Waals surface area contributed by atoms with Gasteiger partial charge in [0.2, 0.25) is 5.91 Å². The molecule has 5 nitrogen and oxygen atoms in total. The molecule has 29 heavy (non-hydrogen) atoms. The Morgan fingerprint density at radius 1 is 1.14 bits per heavy atom. The topological polar surface area (TPSA) is 55.3 Å². The zero-order chi connectivity index (χ0) is 20.5. The molecule has 0 saturated carbocycles. The Bertz CT molecular complexity index is 1050. The molecule has 2 aromatic carbocycles. The van der Waals surface area contributed by atoms with Gasteiger partial charge in [0.05, 0.1) is 18.2 Å². The number of halogens is 1. The van der Waals surface area contributed by atoms with E-state index < -0.39 is 0 Å². The van der Waals surface area contributed by atoms with E-state index in [1.165, 1.54) is 0 Å². The first kappa shape index (κ1) is 19.7. The van der Waals surface area contributed by atoms with E-state index in [0.29, 0.717) is 5.02 Å². The van der Waals surface area contributed by atoms with E-state index in [4.69, 9.17) is 16.3 Å². The molecule has 0 unspecified atom stereocenters. The molecule has 0 spiro atoms. The SMILES string of the molecule is COc1ccc([C@H]2Nn3c(C)ccc3S[C@H]2C(=O)Nc2cccc(Cl)c2C)cc1. The van der Waals surface area contributed by atoms with Gasteiger partial charge in [-0.05, 0) is 61.4 Å². The number of anilines is 1. The molecule has 0 radical (unpaired) electrons. The summed E-state index contributed by atoms with van der Waals surface area (Å²) in [5.74, 6) is 0.712. The van der Waals surface area contributed by atoms with Crippen LogP contribution in [0.3, 0.4) is 0 Å². The monoisotopic (exact) mass is 427 g/mol. The normalized spacial score (nSPS) is 17.9. The van der Waals surface area contributed by atoms with Crippen LogP contribution in [0.2, 0.25) is 5.02 Å². The molecule has 7 heteroatoms. The van der Waals surface area contributed by atoms with Crippen molar-refractivity contribution < 1.29 is 9.53 Å². The van der Waals surface area contributed by atoms with E-state index in [0.717, 1.165) is 33.3 Å². The number of nitrogens with zero attached hydrogens (tertiary/aromatic N) is 1. The number of nitrogens with one attached hydrogen (secondary N) is 2. The van der Waals surface area contributed by atoms with Gasteiger partial charge >= 0.3 is 0 Å². The summed E-state index contributed by atoms with van der Waals surface area (Å²) in [7, 11) is 1.64. The third-order valence-electron chi connectivity index (χ3n) is 5.12. The van der Waals surface area contributed by atoms with Crippen molar-refractivity contribution >= 4 is 35.0 Å². The van der Waals surface area contributed by atoms with Crippen molar-refractivity contribution in [2.75, 3.05) is 17.9 Å². The van der Waals surface area contributed by atoms with Crippen molar-refractivity contribution in [1.82, 2.24) is 4.68 Å². The Morgan fingerprint density at radius 2 is 1.90 bits per heavy atom. The van der Waals surface area contributed by atoms with Crippen LogP contribution in [0.25, 0.3) is 0 Å². The number of aromatic nitrogens is 1. The fourth-order valence-corrected chi connectivity index (χ4v) is 4.79. The fraction of sp³-hybridized carbons (Fsp3) is 0.227. The van der Waals surface area contributed by atoms with Crippen LogP contribution in [0, 0.1) is 13.8 Å². The van der Waals surface area contributed by atoms with Crippen LogP contribution in [0.4, 0.5) is 5.69 Å². The summed E-state index contributed by atoms with van der Waals surface area (Å²) in [6.07, 6.45) is 0. The summed E-state index contributed by atoms with van der Waals surface area (Å²) >= 11 is 7.77. The Hall–Kier alpha value is -2.57. The van der Waals surface area contributed by atoms with Gasteiger partial charge in [0.15, 0.2) is 0 Å². The van der Waals surface area contributed by atoms with E-state index in [1.807, 2.05) is 73.1 Å². The summed E-state index contributed by atoms with van der Waals surface area (Å²) in [6.45, 7) is 3.94. The van der Waals surface area contributed by atoms with Crippen molar-refractivity contribution in [2.45, 2.75) is 30.2 Å². The highest BCUT2D eigenvalue weighted by Gasteiger charge is 2.36. The van der Waals surface area contributed by atoms with Gasteiger partial charge in [0.1, 0.15) is 11.0 Å². The predicted octanol–water partition coefficient (Wildman–Crippen LogP) is 5.16. The Morgan fingerprint density at radius 3 is 2.62 bits per heavy atom. The van der Waals surface area contributed by atoms with Crippen LogP contribution in [-0.4, -0.2) is 22.9 Å². The molecule has 1 aliphatic rings. The lowest BCUT2D eigenvalue weighted by atomic mass is 10.0. The highest BCUT2D eigenvalue weighted by Crippen LogP contribution is 2.39. The molecule has 0 aliphatic carbocycles. The quantitative estimate of drug-likeness (QED) is 0.603. The molecule has 2 atom stereocenters. The maximum absolute atomic E-state index is 13.3. The Labute approximate surface area is 179 Å². The molecule has 1 amide bonds. The standard InChI is InChI=1S/C22H22ClN3O2S/c1-13-7-12-19-26(13)25-20(15-8-10-16(28-3)11-9-15)21(29-19)22(27)24-18-6-4-5-17(23)14(18)2/h4-12,20-21,25H,1-3H3,(H,24,27)/t20-,21-/m1/s1. The first-order valence-electron chi connectivity index (χ1n) is 9.29. The number of benzene rings is 2. The van der Waals surface area contributed by atoms with Crippen LogP contribution < -0.4 is 15.5 Å². The number of ether oxygens (including phenoxy) is 1. The molecule has 1 aliphatic heterocycles. The van der Waals surface area contributed by atoms with Gasteiger partial charge in [0, 0.05) is 16.4 Å². The second kappa shape index (κ2) is 8.05. The summed E-state index contributed by atoms with van der Waals surface area (Å²) in [5.41, 5.74) is 7.21. The average Bonchev–Trinajstić information content (AvgIpc) is 3.10. The smallest absolute Gasteiger partial charge is 0.240 e. The molecular weight excluding hydrogens is 406 g/mol. The number of hydrogen-bond donors (Lipinski definition) is 2. The zero-order valence-corrected chi connectivity index (χ0v) is 18.0. The van der Waals surface area contributed by atoms with Gasteiger partial charge in [-0.3, -0.25) is 9.47 Å². The van der Waals surface area contributed by atoms with Crippen LogP contribution in [-0.2, 0) is 4.79 Å². The van der Waals surface area contributed by atoms with Gasteiger partial charge in [-0.25, -0.2) is 0 Å². The van der Waals surface area contributed by atoms with Crippen LogP contribution in [0.15, 0.2) is 59.6 Å². The van der Waals surface area contributed by atoms with Gasteiger partial charge in [0.25, 0.3) is 0 Å². The number of aryl methyl sites for hydroxylation is 1. The lowest BCUT2D eigenvalue weighted by Crippen LogP contribution is -2.41. The minimum absolute atomic E-state index is 0.0706. The van der Waals surface area contributed by atoms with Crippen LogP contribution in [0.5, 0.6) is 5.75 Å². The number of amides is 1. The van der Waals surface area contributed by atoms with Crippen LogP contribution >= 0.6 is 23.4 Å². The molecule has 0 bridgehead atoms. The highest BCUT2D eigenvalue weighted by atomic mass is 35.5. The maximum atomic E-state index is 13.3. The van der Waals surface area contributed by atoms with Gasteiger partial charge < -0.3 is 15.5 Å². The fourth-order valence-electron chi connectivity index (χ4n) is 3.39. The number of rotatable bonds is 4. The lowest BCUT2D eigenvalue weighted by Gasteiger charge is -2.34. The highest BCUT2D eigenvalue weighted by molar-refractivity contribution is 8.00. The van der Waals surface area contributed by atoms with Gasteiger partial charge in [-0.15, -0.1) is 0 Å². The van der Waals surface area contributed by atoms with E-state index >= 15 is 0 Å². The van der Waals surface area contributed by atoms with E-state index in [9.17, 15) is 4.79 Å². The first-order chi connectivity index (χ1) is 14.0. The van der Waals surface area contributed by atoms with Crippen molar-refractivity contribution in [2.24, 2.45) is 0 Å². The molecule has 2 N–H and O–H groups in total. The van der Waals surface area contributed by atoms with Crippen molar-refractivity contribution in [1.29, 1.82) is 0 Å². The third-order valence-corrected chi connectivity index (χ3v) is 6.83. The molecule has 150 valence electrons. The first-order valence-corrected chi connectivity index (χ1v) is 10.5. The summed E-state index contributed by atoms with van der Waals surface area (Å²) < 4.78 is 7.31. The minimum atomic E-state index is -0.358. The molecule has 1 aromatic heterocycles. The second-order valence-corrected chi connectivity index (χ2v) is 8.54. The minimum Gasteiger partial charge on any atom is -0.497 e. The number of thioether (sulfide) groups is 1. The van der Waals surface area contributed by atoms with Gasteiger partial charge in [-0.1, -0.05) is 41.6 Å². The second-order valence-electron chi connectivity index (χ2n) is 6.97. The van der Waals surface area contributed by atoms with Gasteiger partial charge in [-0.2, -0.15) is 0 Å². The molecular formula is C22H22ClN3O2S. The van der Waals surface area contributed by atoms with Crippen molar-refractivity contribution in [3.63, 3.8) is 0 Å². The number of carbonyl (C=O) groups excluding carboxylic acids is 1. The van der Waals surface area contributed by atoms with E-state index in [2.05, 4.69) is 10.7 Å². The Kier molecular flexibility index (Phi) is 5.48. The molecule has 4 rings (SSSR count). The molecule has 0 saturated heterocycles. The summed E-state index contributed by atoms with van der Waals surface area (Å²) in [5, 5.41) is 4.35.